The van der Waals surface area contributed by atoms with Gasteiger partial charge in [0.05, 0.1) is 5.69 Å². The Morgan fingerprint density at radius 2 is 1.80 bits per heavy atom. The van der Waals surface area contributed by atoms with Gasteiger partial charge in [-0.15, -0.1) is 0 Å². The minimum Gasteiger partial charge on any atom is -0.274 e. The van der Waals surface area contributed by atoms with Crippen LogP contribution in [0.25, 0.3) is 5.69 Å². The molecule has 15 heavy (non-hydrogen) atoms. The van der Waals surface area contributed by atoms with E-state index >= 15 is 0 Å². The number of hydrogen-bond donors (Lipinski definition) is 1. The van der Waals surface area contributed by atoms with Crippen molar-refractivity contribution in [1.29, 1.82) is 0 Å². The first-order valence-electron chi connectivity index (χ1n) is 4.26. The lowest BCUT2D eigenvalue weighted by molar-refractivity contribution is 0.897. The number of nitrogens with zero attached hydrogens (tertiary/aromatic N) is 1. The van der Waals surface area contributed by atoms with E-state index in [4.69, 9.17) is 11.6 Å². The third kappa shape index (κ3) is 1.85. The van der Waals surface area contributed by atoms with Crippen LogP contribution in [0.3, 0.4) is 0 Å². The fraction of sp³-hybridized carbons (Fsp3) is 0. The van der Waals surface area contributed by atoms with E-state index < -0.39 is 11.2 Å². The summed E-state index contributed by atoms with van der Waals surface area (Å²) in [5.41, 5.74) is -0.431. The van der Waals surface area contributed by atoms with Crippen LogP contribution < -0.4 is 11.2 Å². The molecule has 1 heterocycles. The van der Waals surface area contributed by atoms with Crippen LogP contribution in [0.1, 0.15) is 0 Å². The van der Waals surface area contributed by atoms with Crippen LogP contribution in [0.2, 0.25) is 5.15 Å². The highest BCUT2D eigenvalue weighted by Gasteiger charge is 2.04. The first-order chi connectivity index (χ1) is 7.18. The number of rotatable bonds is 1. The summed E-state index contributed by atoms with van der Waals surface area (Å²) >= 11 is 5.81. The zero-order valence-corrected chi connectivity index (χ0v) is 8.36. The molecule has 0 amide bonds. The molecule has 0 aliphatic rings. The van der Waals surface area contributed by atoms with Crippen LogP contribution in [-0.4, -0.2) is 9.55 Å². The van der Waals surface area contributed by atoms with Crippen molar-refractivity contribution in [3.8, 4) is 5.69 Å². The quantitative estimate of drug-likeness (QED) is 0.737. The van der Waals surface area contributed by atoms with E-state index in [0.29, 0.717) is 5.69 Å². The minimum atomic E-state index is -0.543. The second kappa shape index (κ2) is 3.74. The molecule has 0 aliphatic carbocycles. The van der Waals surface area contributed by atoms with Crippen molar-refractivity contribution in [2.45, 2.75) is 0 Å². The van der Waals surface area contributed by atoms with E-state index in [0.717, 1.165) is 6.07 Å². The lowest BCUT2D eigenvalue weighted by Crippen LogP contribution is -2.28. The first-order valence-corrected chi connectivity index (χ1v) is 4.63. The summed E-state index contributed by atoms with van der Waals surface area (Å²) in [7, 11) is 0. The van der Waals surface area contributed by atoms with Crippen molar-refractivity contribution in [1.82, 2.24) is 9.55 Å². The SMILES string of the molecule is O=c1cc(Cl)n(-c2ccccc2)c(=O)[nH]1. The van der Waals surface area contributed by atoms with Gasteiger partial charge >= 0.3 is 5.69 Å². The minimum absolute atomic E-state index is 0.0925. The zero-order chi connectivity index (χ0) is 10.8. The highest BCUT2D eigenvalue weighted by atomic mass is 35.5. The maximum atomic E-state index is 11.5. The molecule has 4 nitrogen and oxygen atoms in total. The van der Waals surface area contributed by atoms with Gasteiger partial charge in [-0.25, -0.2) is 4.79 Å². The summed E-state index contributed by atoms with van der Waals surface area (Å²) in [5, 5.41) is 0.0925. The van der Waals surface area contributed by atoms with Crippen molar-refractivity contribution in [3.05, 3.63) is 62.4 Å². The number of benzene rings is 1. The Balaban J connectivity index is 2.75. The molecule has 0 saturated carbocycles. The molecule has 0 unspecified atom stereocenters. The Morgan fingerprint density at radius 3 is 2.40 bits per heavy atom. The third-order valence-electron chi connectivity index (χ3n) is 1.91. The van der Waals surface area contributed by atoms with Gasteiger partial charge in [0, 0.05) is 6.07 Å². The highest BCUT2D eigenvalue weighted by molar-refractivity contribution is 6.29. The molecule has 0 spiro atoms. The molecule has 1 aromatic heterocycles. The molecule has 0 saturated heterocycles. The zero-order valence-electron chi connectivity index (χ0n) is 7.61. The number of halogens is 1. The molecule has 0 bridgehead atoms. The fourth-order valence-electron chi connectivity index (χ4n) is 1.28. The molecule has 76 valence electrons. The van der Waals surface area contributed by atoms with Gasteiger partial charge in [0.1, 0.15) is 5.15 Å². The summed E-state index contributed by atoms with van der Waals surface area (Å²) in [6, 6.07) is 10.0. The standard InChI is InChI=1S/C10H7ClN2O2/c11-8-6-9(14)12-10(15)13(8)7-4-2-1-3-5-7/h1-6H,(H,12,14,15). The van der Waals surface area contributed by atoms with Crippen molar-refractivity contribution >= 4 is 11.6 Å². The second-order valence-corrected chi connectivity index (χ2v) is 3.32. The van der Waals surface area contributed by atoms with Gasteiger partial charge in [0.15, 0.2) is 0 Å². The molecule has 2 rings (SSSR count). The van der Waals surface area contributed by atoms with Crippen LogP contribution in [0, 0.1) is 0 Å². The average Bonchev–Trinajstić information content (AvgIpc) is 2.17. The van der Waals surface area contributed by atoms with E-state index in [1.54, 1.807) is 24.3 Å². The molecule has 0 atom stereocenters. The van der Waals surface area contributed by atoms with Crippen molar-refractivity contribution in [2.24, 2.45) is 0 Å². The Labute approximate surface area is 89.8 Å². The molecule has 1 aromatic carbocycles. The number of hydrogen-bond acceptors (Lipinski definition) is 2. The summed E-state index contributed by atoms with van der Waals surface area (Å²) in [4.78, 5) is 24.6. The van der Waals surface area contributed by atoms with Crippen molar-refractivity contribution in [3.63, 3.8) is 0 Å². The summed E-state index contributed by atoms with van der Waals surface area (Å²) < 4.78 is 1.23. The van der Waals surface area contributed by atoms with E-state index in [9.17, 15) is 9.59 Å². The Morgan fingerprint density at radius 1 is 1.13 bits per heavy atom. The topological polar surface area (TPSA) is 54.9 Å². The van der Waals surface area contributed by atoms with Gasteiger partial charge in [-0.05, 0) is 12.1 Å². The van der Waals surface area contributed by atoms with Crippen molar-refractivity contribution < 1.29 is 0 Å². The number of aromatic amines is 1. The van der Waals surface area contributed by atoms with E-state index in [1.807, 2.05) is 6.07 Å². The van der Waals surface area contributed by atoms with Gasteiger partial charge in [-0.1, -0.05) is 29.8 Å². The Kier molecular flexibility index (Phi) is 2.43. The summed E-state index contributed by atoms with van der Waals surface area (Å²) in [6.07, 6.45) is 0. The van der Waals surface area contributed by atoms with Gasteiger partial charge in [-0.3, -0.25) is 14.3 Å². The molecule has 0 radical (unpaired) electrons. The molecule has 0 aliphatic heterocycles. The summed E-state index contributed by atoms with van der Waals surface area (Å²) in [6.45, 7) is 0. The Bertz CT molecular complexity index is 586. The summed E-state index contributed by atoms with van der Waals surface area (Å²) in [5.74, 6) is 0. The number of aromatic nitrogens is 2. The molecular formula is C10H7ClN2O2. The fourth-order valence-corrected chi connectivity index (χ4v) is 1.56. The lowest BCUT2D eigenvalue weighted by Gasteiger charge is -2.05. The van der Waals surface area contributed by atoms with Crippen LogP contribution in [-0.2, 0) is 0 Å². The monoisotopic (exact) mass is 222 g/mol. The van der Waals surface area contributed by atoms with Crippen molar-refractivity contribution in [2.75, 3.05) is 0 Å². The maximum Gasteiger partial charge on any atom is 0.334 e. The molecule has 5 heteroatoms. The van der Waals surface area contributed by atoms with Crippen LogP contribution in [0.5, 0.6) is 0 Å². The molecule has 2 aromatic rings. The van der Waals surface area contributed by atoms with Crippen LogP contribution in [0.4, 0.5) is 0 Å². The second-order valence-electron chi connectivity index (χ2n) is 2.93. The maximum absolute atomic E-state index is 11.5. The van der Waals surface area contributed by atoms with Gasteiger partial charge < -0.3 is 0 Å². The van der Waals surface area contributed by atoms with E-state index in [2.05, 4.69) is 4.98 Å². The Hall–Kier alpha value is -1.81. The van der Waals surface area contributed by atoms with E-state index in [-0.39, 0.29) is 5.15 Å². The number of H-pyrrole nitrogens is 1. The molecule has 1 N–H and O–H groups in total. The van der Waals surface area contributed by atoms with Crippen LogP contribution in [0.15, 0.2) is 46.0 Å². The number of nitrogens with one attached hydrogen (secondary N) is 1. The predicted octanol–water partition coefficient (Wildman–Crippen LogP) is 1.18. The highest BCUT2D eigenvalue weighted by Crippen LogP contribution is 2.10. The van der Waals surface area contributed by atoms with Gasteiger partial charge in [0.25, 0.3) is 5.56 Å². The lowest BCUT2D eigenvalue weighted by atomic mass is 10.3. The van der Waals surface area contributed by atoms with Crippen LogP contribution >= 0.6 is 11.6 Å². The van der Waals surface area contributed by atoms with Gasteiger partial charge in [-0.2, -0.15) is 0 Å². The first kappa shape index (κ1) is 9.73. The average molecular weight is 223 g/mol. The molecular weight excluding hydrogens is 216 g/mol. The van der Waals surface area contributed by atoms with E-state index in [1.165, 1.54) is 4.57 Å². The predicted molar refractivity (Wildman–Crippen MR) is 57.7 cm³/mol. The molecule has 0 fully saturated rings. The van der Waals surface area contributed by atoms with Gasteiger partial charge in [0.2, 0.25) is 0 Å². The third-order valence-corrected chi connectivity index (χ3v) is 2.19. The largest absolute Gasteiger partial charge is 0.334 e. The number of para-hydroxylation sites is 1. The normalized spacial score (nSPS) is 10.2. The smallest absolute Gasteiger partial charge is 0.274 e.